The van der Waals surface area contributed by atoms with Crippen molar-refractivity contribution in [2.45, 2.75) is 70.1 Å². The molecule has 184 valence electrons. The van der Waals surface area contributed by atoms with Gasteiger partial charge < -0.3 is 5.32 Å². The molecule has 4 nitrogen and oxygen atoms in total. The van der Waals surface area contributed by atoms with Crippen LogP contribution in [-0.4, -0.2) is 40.2 Å². The topological polar surface area (TPSA) is 41.0 Å². The molecule has 35 heavy (non-hydrogen) atoms. The van der Waals surface area contributed by atoms with Gasteiger partial charge >= 0.3 is 6.18 Å². The Balaban J connectivity index is 1.12. The lowest BCUT2D eigenvalue weighted by atomic mass is 9.93. The molecule has 2 fully saturated rings. The fourth-order valence-electron chi connectivity index (χ4n) is 5.62. The summed E-state index contributed by atoms with van der Waals surface area (Å²) in [6.07, 6.45) is 4.36. The average Bonchev–Trinajstić information content (AvgIpc) is 3.43. The standard InChI is InChI=1S/C27H29F3N4S/c1-16-10-18-4-5-19(24(17-2-3-17)22(18)11-16)14-34-8-6-20(7-9-34)33-25-23-12-21(13-27(28,29)30)35-26(23)32-15-31-25/h4-5,11-12,15,17,20H,2-3,6-10,13-14H2,1H3,(H,31,32,33). The molecule has 1 saturated heterocycles. The molecule has 3 aliphatic rings. The lowest BCUT2D eigenvalue weighted by Gasteiger charge is -2.33. The predicted octanol–water partition coefficient (Wildman–Crippen LogP) is 6.71. The molecule has 3 aromatic rings. The third-order valence-electron chi connectivity index (χ3n) is 7.39. The summed E-state index contributed by atoms with van der Waals surface area (Å²) in [7, 11) is 0. The van der Waals surface area contributed by atoms with Crippen molar-refractivity contribution in [2.24, 2.45) is 0 Å². The van der Waals surface area contributed by atoms with Crippen molar-refractivity contribution in [3.05, 3.63) is 57.2 Å². The molecule has 0 radical (unpaired) electrons. The number of nitrogens with zero attached hydrogens (tertiary/aromatic N) is 3. The highest BCUT2D eigenvalue weighted by Crippen LogP contribution is 2.46. The van der Waals surface area contributed by atoms with Gasteiger partial charge in [-0.15, -0.1) is 11.3 Å². The zero-order chi connectivity index (χ0) is 24.2. The maximum Gasteiger partial charge on any atom is 0.393 e. The summed E-state index contributed by atoms with van der Waals surface area (Å²) >= 11 is 1.10. The van der Waals surface area contributed by atoms with Gasteiger partial charge in [0.25, 0.3) is 0 Å². The number of alkyl halides is 3. The number of benzene rings is 1. The molecule has 1 N–H and O–H groups in total. The van der Waals surface area contributed by atoms with Gasteiger partial charge in [0.05, 0.1) is 11.8 Å². The summed E-state index contributed by atoms with van der Waals surface area (Å²) in [5, 5.41) is 4.19. The zero-order valence-corrected chi connectivity index (χ0v) is 20.6. The first-order valence-corrected chi connectivity index (χ1v) is 13.2. The van der Waals surface area contributed by atoms with E-state index in [1.54, 1.807) is 11.6 Å². The maximum atomic E-state index is 12.8. The Morgan fingerprint density at radius 2 is 1.91 bits per heavy atom. The highest BCUT2D eigenvalue weighted by molar-refractivity contribution is 7.18. The second-order valence-electron chi connectivity index (χ2n) is 10.3. The van der Waals surface area contributed by atoms with E-state index in [1.807, 2.05) is 0 Å². The van der Waals surface area contributed by atoms with Crippen LogP contribution in [0, 0.1) is 0 Å². The van der Waals surface area contributed by atoms with E-state index in [9.17, 15) is 13.2 Å². The number of rotatable bonds is 6. The number of thiophene rings is 1. The normalized spacial score (nSPS) is 19.3. The molecule has 1 saturated carbocycles. The van der Waals surface area contributed by atoms with Crippen LogP contribution in [0.25, 0.3) is 16.3 Å². The SMILES string of the molecule is CC1=Cc2c(ccc(CN3CCC(Nc4ncnc5sc(CC(F)(F)F)cc45)CC3)c2C2CC2)C1. The van der Waals surface area contributed by atoms with Gasteiger partial charge in [-0.05, 0) is 73.3 Å². The zero-order valence-electron chi connectivity index (χ0n) is 19.8. The number of hydrogen-bond acceptors (Lipinski definition) is 5. The highest BCUT2D eigenvalue weighted by Gasteiger charge is 2.32. The van der Waals surface area contributed by atoms with Gasteiger partial charge in [0, 0.05) is 30.6 Å². The Kier molecular flexibility index (Phi) is 5.84. The molecule has 0 spiro atoms. The van der Waals surface area contributed by atoms with Gasteiger partial charge in [-0.2, -0.15) is 13.2 Å². The van der Waals surface area contributed by atoms with Crippen molar-refractivity contribution in [1.29, 1.82) is 0 Å². The van der Waals surface area contributed by atoms with E-state index >= 15 is 0 Å². The van der Waals surface area contributed by atoms with Gasteiger partial charge in [0.1, 0.15) is 17.0 Å². The summed E-state index contributed by atoms with van der Waals surface area (Å²) in [6, 6.07) is 6.53. The number of anilines is 1. The van der Waals surface area contributed by atoms with Crippen LogP contribution in [0.1, 0.15) is 65.7 Å². The number of allylic oxidation sites excluding steroid dienone is 1. The van der Waals surface area contributed by atoms with Gasteiger partial charge in [0.15, 0.2) is 0 Å². The van der Waals surface area contributed by atoms with Crippen molar-refractivity contribution in [3.63, 3.8) is 0 Å². The molecule has 0 bridgehead atoms. The molecule has 8 heteroatoms. The number of halogens is 3. The number of hydrogen-bond donors (Lipinski definition) is 1. The number of nitrogens with one attached hydrogen (secondary N) is 1. The van der Waals surface area contributed by atoms with Crippen LogP contribution in [0.15, 0.2) is 30.1 Å². The molecular formula is C27H29F3N4S. The van der Waals surface area contributed by atoms with Crippen LogP contribution in [0.5, 0.6) is 0 Å². The molecule has 3 heterocycles. The van der Waals surface area contributed by atoms with Crippen LogP contribution in [0.4, 0.5) is 19.0 Å². The monoisotopic (exact) mass is 498 g/mol. The second-order valence-corrected chi connectivity index (χ2v) is 11.4. The molecule has 1 aromatic carbocycles. The van der Waals surface area contributed by atoms with Crippen LogP contribution >= 0.6 is 11.3 Å². The Morgan fingerprint density at radius 1 is 1.11 bits per heavy atom. The number of piperidine rings is 1. The first kappa shape index (κ1) is 23.0. The molecule has 0 amide bonds. The average molecular weight is 499 g/mol. The quantitative estimate of drug-likeness (QED) is 0.410. The van der Waals surface area contributed by atoms with Crippen LogP contribution < -0.4 is 5.32 Å². The second kappa shape index (κ2) is 8.89. The molecule has 1 aliphatic heterocycles. The first-order valence-electron chi connectivity index (χ1n) is 12.4. The van der Waals surface area contributed by atoms with E-state index in [-0.39, 0.29) is 10.9 Å². The smallest absolute Gasteiger partial charge is 0.367 e. The van der Waals surface area contributed by atoms with E-state index < -0.39 is 12.6 Å². The van der Waals surface area contributed by atoms with E-state index in [4.69, 9.17) is 0 Å². The van der Waals surface area contributed by atoms with E-state index in [0.717, 1.165) is 56.2 Å². The minimum atomic E-state index is -4.22. The predicted molar refractivity (Wildman–Crippen MR) is 135 cm³/mol. The summed E-state index contributed by atoms with van der Waals surface area (Å²) in [5.74, 6) is 1.38. The van der Waals surface area contributed by atoms with Crippen molar-refractivity contribution >= 4 is 33.4 Å². The molecule has 2 aromatic heterocycles. The minimum absolute atomic E-state index is 0.254. The molecule has 2 aliphatic carbocycles. The summed E-state index contributed by atoms with van der Waals surface area (Å²) < 4.78 is 38.5. The molecule has 0 unspecified atom stereocenters. The Morgan fingerprint density at radius 3 is 2.66 bits per heavy atom. The van der Waals surface area contributed by atoms with Crippen molar-refractivity contribution < 1.29 is 13.2 Å². The number of aromatic nitrogens is 2. The number of fused-ring (bicyclic) bond motifs is 2. The lowest BCUT2D eigenvalue weighted by molar-refractivity contribution is -0.126. The van der Waals surface area contributed by atoms with Gasteiger partial charge in [-0.25, -0.2) is 9.97 Å². The molecule has 0 atom stereocenters. The van der Waals surface area contributed by atoms with Crippen molar-refractivity contribution in [3.8, 4) is 0 Å². The molecular weight excluding hydrogens is 469 g/mol. The lowest BCUT2D eigenvalue weighted by Crippen LogP contribution is -2.39. The number of likely N-dealkylation sites (tertiary alicyclic amines) is 1. The van der Waals surface area contributed by atoms with Crippen molar-refractivity contribution in [2.75, 3.05) is 18.4 Å². The first-order chi connectivity index (χ1) is 16.8. The van der Waals surface area contributed by atoms with Crippen LogP contribution in [0.2, 0.25) is 0 Å². The summed E-state index contributed by atoms with van der Waals surface area (Å²) in [5.41, 5.74) is 7.51. The van der Waals surface area contributed by atoms with Crippen LogP contribution in [-0.2, 0) is 19.4 Å². The minimum Gasteiger partial charge on any atom is -0.367 e. The third kappa shape index (κ3) is 4.96. The Bertz CT molecular complexity index is 1280. The fourth-order valence-corrected chi connectivity index (χ4v) is 6.64. The van der Waals surface area contributed by atoms with Crippen LogP contribution in [0.3, 0.4) is 0 Å². The molecule has 6 rings (SSSR count). The maximum absolute atomic E-state index is 12.8. The van der Waals surface area contributed by atoms with E-state index in [1.165, 1.54) is 41.4 Å². The largest absolute Gasteiger partial charge is 0.393 e. The van der Waals surface area contributed by atoms with E-state index in [0.29, 0.717) is 16.0 Å². The van der Waals surface area contributed by atoms with E-state index in [2.05, 4.69) is 45.3 Å². The van der Waals surface area contributed by atoms with Gasteiger partial charge in [0.2, 0.25) is 0 Å². The third-order valence-corrected chi connectivity index (χ3v) is 8.43. The highest BCUT2D eigenvalue weighted by atomic mass is 32.1. The summed E-state index contributed by atoms with van der Waals surface area (Å²) in [6.45, 7) is 5.20. The van der Waals surface area contributed by atoms with Gasteiger partial charge in [-0.1, -0.05) is 23.8 Å². The van der Waals surface area contributed by atoms with Crippen molar-refractivity contribution in [1.82, 2.24) is 14.9 Å². The van der Waals surface area contributed by atoms with Gasteiger partial charge in [-0.3, -0.25) is 4.90 Å². The fraction of sp³-hybridized carbons (Fsp3) is 0.481. The Labute approximate surface area is 207 Å². The summed E-state index contributed by atoms with van der Waals surface area (Å²) in [4.78, 5) is 12.0. The Hall–Kier alpha value is -2.45.